The molecule has 1 aliphatic heterocycles. The lowest BCUT2D eigenvalue weighted by atomic mass is 9.97. The van der Waals surface area contributed by atoms with Crippen molar-refractivity contribution in [2.75, 3.05) is 11.9 Å². The second kappa shape index (κ2) is 7.77. The number of para-hydroxylation sites is 1. The van der Waals surface area contributed by atoms with Gasteiger partial charge in [0.25, 0.3) is 0 Å². The van der Waals surface area contributed by atoms with Gasteiger partial charge in [-0.15, -0.1) is 0 Å². The van der Waals surface area contributed by atoms with Crippen LogP contribution in [0.2, 0.25) is 0 Å². The minimum Gasteiger partial charge on any atom is -0.322 e. The number of pyridine rings is 1. The van der Waals surface area contributed by atoms with E-state index in [1.807, 2.05) is 53.6 Å². The van der Waals surface area contributed by atoms with Gasteiger partial charge in [0.1, 0.15) is 0 Å². The molecule has 1 aromatic carbocycles. The van der Waals surface area contributed by atoms with E-state index in [1.165, 1.54) is 6.42 Å². The van der Waals surface area contributed by atoms with Crippen LogP contribution in [0.3, 0.4) is 0 Å². The number of urea groups is 1. The highest BCUT2D eigenvalue weighted by atomic mass is 16.2. The van der Waals surface area contributed by atoms with E-state index in [-0.39, 0.29) is 6.03 Å². The van der Waals surface area contributed by atoms with E-state index in [0.29, 0.717) is 6.04 Å². The lowest BCUT2D eigenvalue weighted by Gasteiger charge is -2.35. The number of carbonyl (C=O) groups is 1. The molecule has 4 heteroatoms. The average molecular weight is 309 g/mol. The number of hydrogen-bond donors (Lipinski definition) is 1. The van der Waals surface area contributed by atoms with E-state index in [0.717, 1.165) is 43.6 Å². The van der Waals surface area contributed by atoms with E-state index in [1.54, 1.807) is 0 Å². The molecular weight excluding hydrogens is 286 g/mol. The Labute approximate surface area is 137 Å². The summed E-state index contributed by atoms with van der Waals surface area (Å²) in [6, 6.07) is 16.0. The van der Waals surface area contributed by atoms with Crippen molar-refractivity contribution in [1.82, 2.24) is 9.88 Å². The van der Waals surface area contributed by atoms with Gasteiger partial charge in [-0.1, -0.05) is 24.3 Å². The predicted octanol–water partition coefficient (Wildman–Crippen LogP) is 4.10. The van der Waals surface area contributed by atoms with Gasteiger partial charge in [0.05, 0.1) is 0 Å². The number of anilines is 1. The van der Waals surface area contributed by atoms with Crippen LogP contribution in [0.5, 0.6) is 0 Å². The standard InChI is InChI=1S/C19H23N3O/c23-19(21-17-9-2-1-3-10-17)22-15-7-5-11-18(22)13-12-16-8-4-6-14-20-16/h1-4,6,8-10,14,18H,5,7,11-13,15H2,(H,21,23)/t18-/m1/s1. The molecule has 2 heterocycles. The number of nitrogens with zero attached hydrogens (tertiary/aromatic N) is 2. The first-order valence-electron chi connectivity index (χ1n) is 8.35. The molecule has 1 saturated heterocycles. The maximum absolute atomic E-state index is 12.6. The molecule has 0 saturated carbocycles. The molecule has 0 unspecified atom stereocenters. The Morgan fingerprint density at radius 1 is 1.13 bits per heavy atom. The molecule has 4 nitrogen and oxygen atoms in total. The summed E-state index contributed by atoms with van der Waals surface area (Å²) in [5, 5.41) is 3.01. The highest BCUT2D eigenvalue weighted by molar-refractivity contribution is 5.89. The number of carbonyl (C=O) groups excluding carboxylic acids is 1. The van der Waals surface area contributed by atoms with Crippen LogP contribution in [0, 0.1) is 0 Å². The van der Waals surface area contributed by atoms with Gasteiger partial charge in [0, 0.05) is 30.2 Å². The van der Waals surface area contributed by atoms with Crippen molar-refractivity contribution in [2.24, 2.45) is 0 Å². The fourth-order valence-corrected chi connectivity index (χ4v) is 3.15. The zero-order valence-corrected chi connectivity index (χ0v) is 13.3. The van der Waals surface area contributed by atoms with E-state index < -0.39 is 0 Å². The molecule has 1 aromatic heterocycles. The van der Waals surface area contributed by atoms with Crippen LogP contribution in [-0.2, 0) is 6.42 Å². The van der Waals surface area contributed by atoms with Crippen LogP contribution in [0.25, 0.3) is 0 Å². The quantitative estimate of drug-likeness (QED) is 0.924. The summed E-state index contributed by atoms with van der Waals surface area (Å²) >= 11 is 0. The third-order valence-corrected chi connectivity index (χ3v) is 4.37. The Morgan fingerprint density at radius 2 is 1.96 bits per heavy atom. The molecule has 2 aromatic rings. The van der Waals surface area contributed by atoms with Gasteiger partial charge in [0.15, 0.2) is 0 Å². The Hall–Kier alpha value is -2.36. The second-order valence-corrected chi connectivity index (χ2v) is 6.00. The fourth-order valence-electron chi connectivity index (χ4n) is 3.15. The van der Waals surface area contributed by atoms with E-state index in [2.05, 4.69) is 16.4 Å². The topological polar surface area (TPSA) is 45.2 Å². The number of amides is 2. The van der Waals surface area contributed by atoms with Gasteiger partial charge in [-0.3, -0.25) is 4.98 Å². The molecule has 0 aliphatic carbocycles. The molecule has 1 N–H and O–H groups in total. The Balaban J connectivity index is 1.60. The van der Waals surface area contributed by atoms with Crippen molar-refractivity contribution in [1.29, 1.82) is 0 Å². The van der Waals surface area contributed by atoms with Gasteiger partial charge in [-0.25, -0.2) is 4.79 Å². The molecule has 120 valence electrons. The monoisotopic (exact) mass is 309 g/mol. The number of aromatic nitrogens is 1. The highest BCUT2D eigenvalue weighted by Crippen LogP contribution is 2.22. The first-order chi connectivity index (χ1) is 11.3. The lowest BCUT2D eigenvalue weighted by Crippen LogP contribution is -2.46. The van der Waals surface area contributed by atoms with Gasteiger partial charge in [-0.2, -0.15) is 0 Å². The van der Waals surface area contributed by atoms with Crippen molar-refractivity contribution in [3.63, 3.8) is 0 Å². The Bertz CT molecular complexity index is 615. The average Bonchev–Trinajstić information content (AvgIpc) is 2.62. The first-order valence-corrected chi connectivity index (χ1v) is 8.35. The summed E-state index contributed by atoms with van der Waals surface area (Å²) in [6.45, 7) is 0.839. The minimum absolute atomic E-state index is 0.0157. The summed E-state index contributed by atoms with van der Waals surface area (Å²) in [7, 11) is 0. The number of aryl methyl sites for hydroxylation is 1. The van der Waals surface area contributed by atoms with Crippen molar-refractivity contribution >= 4 is 11.7 Å². The number of piperidine rings is 1. The van der Waals surface area contributed by atoms with E-state index >= 15 is 0 Å². The zero-order chi connectivity index (χ0) is 15.9. The zero-order valence-electron chi connectivity index (χ0n) is 13.3. The molecular formula is C19H23N3O. The largest absolute Gasteiger partial charge is 0.322 e. The van der Waals surface area contributed by atoms with Crippen molar-refractivity contribution in [2.45, 2.75) is 38.1 Å². The predicted molar refractivity (Wildman–Crippen MR) is 92.4 cm³/mol. The normalized spacial score (nSPS) is 17.7. The molecule has 0 spiro atoms. The SMILES string of the molecule is O=C(Nc1ccccc1)N1CCCC[C@@H]1CCc1ccccn1. The molecule has 2 amide bonds. The third kappa shape index (κ3) is 4.31. The lowest BCUT2D eigenvalue weighted by molar-refractivity contribution is 0.158. The van der Waals surface area contributed by atoms with E-state index in [9.17, 15) is 4.79 Å². The van der Waals surface area contributed by atoms with Gasteiger partial charge < -0.3 is 10.2 Å². The Kier molecular flexibility index (Phi) is 5.25. The van der Waals surface area contributed by atoms with Crippen molar-refractivity contribution in [3.8, 4) is 0 Å². The highest BCUT2D eigenvalue weighted by Gasteiger charge is 2.26. The Morgan fingerprint density at radius 3 is 2.74 bits per heavy atom. The molecule has 1 aliphatic rings. The third-order valence-electron chi connectivity index (χ3n) is 4.37. The van der Waals surface area contributed by atoms with Gasteiger partial charge in [-0.05, 0) is 56.4 Å². The summed E-state index contributed by atoms with van der Waals surface area (Å²) in [5.41, 5.74) is 1.95. The molecule has 0 radical (unpaired) electrons. The molecule has 1 fully saturated rings. The number of rotatable bonds is 4. The summed E-state index contributed by atoms with van der Waals surface area (Å²) in [6.07, 6.45) is 7.08. The van der Waals surface area contributed by atoms with Crippen molar-refractivity contribution in [3.05, 3.63) is 60.4 Å². The van der Waals surface area contributed by atoms with Crippen molar-refractivity contribution < 1.29 is 4.79 Å². The minimum atomic E-state index is 0.0157. The molecule has 23 heavy (non-hydrogen) atoms. The summed E-state index contributed by atoms with van der Waals surface area (Å²) in [5.74, 6) is 0. The number of hydrogen-bond acceptors (Lipinski definition) is 2. The van der Waals surface area contributed by atoms with Crippen LogP contribution < -0.4 is 5.32 Å². The summed E-state index contributed by atoms with van der Waals surface area (Å²) in [4.78, 5) is 19.0. The maximum atomic E-state index is 12.6. The van der Waals surface area contributed by atoms with Crippen LogP contribution in [-0.4, -0.2) is 28.5 Å². The number of nitrogens with one attached hydrogen (secondary N) is 1. The smallest absolute Gasteiger partial charge is 0.322 e. The second-order valence-electron chi connectivity index (χ2n) is 6.00. The van der Waals surface area contributed by atoms with Crippen LogP contribution in [0.15, 0.2) is 54.7 Å². The molecule has 3 rings (SSSR count). The number of benzene rings is 1. The summed E-state index contributed by atoms with van der Waals surface area (Å²) < 4.78 is 0. The molecule has 1 atom stereocenters. The van der Waals surface area contributed by atoms with Crippen LogP contribution in [0.1, 0.15) is 31.4 Å². The van der Waals surface area contributed by atoms with Gasteiger partial charge >= 0.3 is 6.03 Å². The van der Waals surface area contributed by atoms with Gasteiger partial charge in [0.2, 0.25) is 0 Å². The molecule has 0 bridgehead atoms. The first kappa shape index (κ1) is 15.5. The van der Waals surface area contributed by atoms with E-state index in [4.69, 9.17) is 0 Å². The van der Waals surface area contributed by atoms with Crippen LogP contribution in [0.4, 0.5) is 10.5 Å². The fraction of sp³-hybridized carbons (Fsp3) is 0.368. The van der Waals surface area contributed by atoms with Crippen LogP contribution >= 0.6 is 0 Å². The number of likely N-dealkylation sites (tertiary alicyclic amines) is 1. The maximum Gasteiger partial charge on any atom is 0.322 e.